The van der Waals surface area contributed by atoms with Crippen molar-refractivity contribution in [2.45, 2.75) is 43.9 Å². The van der Waals surface area contributed by atoms with Crippen molar-refractivity contribution < 1.29 is 4.92 Å². The average Bonchev–Trinajstić information content (AvgIpc) is 2.23. The molecule has 18 heavy (non-hydrogen) atoms. The first-order valence-corrected chi connectivity index (χ1v) is 6.59. The van der Waals surface area contributed by atoms with Gasteiger partial charge in [-0.2, -0.15) is 4.98 Å². The highest BCUT2D eigenvalue weighted by Gasteiger charge is 2.23. The Morgan fingerprint density at radius 3 is 2.67 bits per heavy atom. The van der Waals surface area contributed by atoms with Crippen LogP contribution >= 0.6 is 11.8 Å². The summed E-state index contributed by atoms with van der Waals surface area (Å²) in [6.07, 6.45) is 2.21. The van der Waals surface area contributed by atoms with Crippen molar-refractivity contribution in [2.24, 2.45) is 0 Å². The molecule has 0 unspecified atom stereocenters. The van der Waals surface area contributed by atoms with Crippen LogP contribution in [0.2, 0.25) is 0 Å². The van der Waals surface area contributed by atoms with Gasteiger partial charge in [-0.05, 0) is 6.42 Å². The fourth-order valence-corrected chi connectivity index (χ4v) is 2.12. The second kappa shape index (κ2) is 5.99. The van der Waals surface area contributed by atoms with Gasteiger partial charge in [0.25, 0.3) is 0 Å². The van der Waals surface area contributed by atoms with Crippen LogP contribution in [0.25, 0.3) is 0 Å². The first-order valence-electron chi connectivity index (χ1n) is 5.78. The van der Waals surface area contributed by atoms with E-state index in [9.17, 15) is 10.1 Å². The largest absolute Gasteiger partial charge is 0.354 e. The van der Waals surface area contributed by atoms with Gasteiger partial charge in [0.1, 0.15) is 6.20 Å². The topological polar surface area (TPSA) is 81.0 Å². The molecule has 1 aromatic heterocycles. The van der Waals surface area contributed by atoms with Crippen LogP contribution < -0.4 is 5.32 Å². The maximum Gasteiger partial charge on any atom is 0.319 e. The molecule has 0 aliphatic carbocycles. The summed E-state index contributed by atoms with van der Waals surface area (Å²) in [6.45, 7) is 8.74. The average molecular weight is 270 g/mol. The van der Waals surface area contributed by atoms with Gasteiger partial charge in [-0.3, -0.25) is 10.1 Å². The molecular formula is C11H18N4O2S. The molecule has 0 spiro atoms. The van der Waals surface area contributed by atoms with Gasteiger partial charge in [0.2, 0.25) is 5.95 Å². The summed E-state index contributed by atoms with van der Waals surface area (Å²) in [6, 6.07) is 0. The second-order valence-corrected chi connectivity index (χ2v) is 6.60. The van der Waals surface area contributed by atoms with Crippen LogP contribution in [-0.4, -0.2) is 26.2 Å². The van der Waals surface area contributed by atoms with E-state index in [1.165, 1.54) is 18.0 Å². The van der Waals surface area contributed by atoms with E-state index in [1.54, 1.807) is 0 Å². The minimum absolute atomic E-state index is 0.0445. The Bertz CT molecular complexity index is 432. The maximum absolute atomic E-state index is 10.9. The number of nitrogens with one attached hydrogen (secondary N) is 1. The minimum atomic E-state index is -0.447. The molecule has 0 saturated heterocycles. The van der Waals surface area contributed by atoms with Crippen molar-refractivity contribution in [3.63, 3.8) is 0 Å². The molecule has 1 heterocycles. The monoisotopic (exact) mass is 270 g/mol. The van der Waals surface area contributed by atoms with Crippen molar-refractivity contribution in [1.29, 1.82) is 0 Å². The number of rotatable bonds is 5. The van der Waals surface area contributed by atoms with E-state index in [-0.39, 0.29) is 10.4 Å². The fourth-order valence-electron chi connectivity index (χ4n) is 1.17. The summed E-state index contributed by atoms with van der Waals surface area (Å²) in [7, 11) is 0. The van der Waals surface area contributed by atoms with E-state index >= 15 is 0 Å². The Morgan fingerprint density at radius 2 is 2.17 bits per heavy atom. The second-order valence-electron chi connectivity index (χ2n) is 4.78. The first-order chi connectivity index (χ1) is 8.33. The Labute approximate surface area is 111 Å². The van der Waals surface area contributed by atoms with Crippen LogP contribution in [0.4, 0.5) is 11.6 Å². The number of aromatic nitrogens is 2. The molecule has 1 N–H and O–H groups in total. The molecule has 100 valence electrons. The third-order valence-corrected chi connectivity index (χ3v) is 2.97. The number of anilines is 1. The van der Waals surface area contributed by atoms with E-state index < -0.39 is 4.92 Å². The Hall–Kier alpha value is -1.37. The molecule has 0 aromatic carbocycles. The highest BCUT2D eigenvalue weighted by molar-refractivity contribution is 8.00. The third kappa shape index (κ3) is 4.48. The molecule has 1 aromatic rings. The van der Waals surface area contributed by atoms with Gasteiger partial charge in [-0.15, -0.1) is 0 Å². The Kier molecular flexibility index (Phi) is 4.89. The Morgan fingerprint density at radius 1 is 1.50 bits per heavy atom. The summed E-state index contributed by atoms with van der Waals surface area (Å²) in [5.74, 6) is 0.439. The van der Waals surface area contributed by atoms with Crippen LogP contribution in [0, 0.1) is 10.1 Å². The van der Waals surface area contributed by atoms with Gasteiger partial charge in [0, 0.05) is 11.3 Å². The summed E-state index contributed by atoms with van der Waals surface area (Å²) in [5, 5.41) is 14.4. The lowest BCUT2D eigenvalue weighted by molar-refractivity contribution is -0.388. The number of thioether (sulfide) groups is 1. The van der Waals surface area contributed by atoms with Gasteiger partial charge in [0.05, 0.1) is 4.92 Å². The zero-order chi connectivity index (χ0) is 13.8. The lowest BCUT2D eigenvalue weighted by Crippen LogP contribution is -2.11. The maximum atomic E-state index is 10.9. The van der Waals surface area contributed by atoms with Gasteiger partial charge in [-0.25, -0.2) is 4.98 Å². The molecule has 0 fully saturated rings. The van der Waals surface area contributed by atoms with E-state index in [0.29, 0.717) is 11.0 Å². The summed E-state index contributed by atoms with van der Waals surface area (Å²) < 4.78 is -0.138. The highest BCUT2D eigenvalue weighted by atomic mass is 32.2. The molecule has 0 aliphatic rings. The van der Waals surface area contributed by atoms with Crippen LogP contribution in [0.5, 0.6) is 0 Å². The predicted octanol–water partition coefficient (Wildman–Crippen LogP) is 3.10. The van der Waals surface area contributed by atoms with Gasteiger partial charge >= 0.3 is 5.69 Å². The third-order valence-electron chi connectivity index (χ3n) is 1.87. The summed E-state index contributed by atoms with van der Waals surface area (Å²) in [5.41, 5.74) is -0.0445. The predicted molar refractivity (Wildman–Crippen MR) is 73.1 cm³/mol. The van der Waals surface area contributed by atoms with E-state index in [4.69, 9.17) is 0 Å². The van der Waals surface area contributed by atoms with Gasteiger partial charge < -0.3 is 5.32 Å². The van der Waals surface area contributed by atoms with Crippen molar-refractivity contribution in [1.82, 2.24) is 9.97 Å². The van der Waals surface area contributed by atoms with E-state index in [1.807, 2.05) is 27.7 Å². The number of nitro groups is 1. The molecular weight excluding hydrogens is 252 g/mol. The lowest BCUT2D eigenvalue weighted by Gasteiger charge is -2.16. The minimum Gasteiger partial charge on any atom is -0.354 e. The Balaban J connectivity index is 3.03. The van der Waals surface area contributed by atoms with Crippen molar-refractivity contribution in [3.05, 3.63) is 16.3 Å². The fraction of sp³-hybridized carbons (Fsp3) is 0.636. The number of hydrogen-bond donors (Lipinski definition) is 1. The van der Waals surface area contributed by atoms with Crippen LogP contribution in [0.3, 0.4) is 0 Å². The van der Waals surface area contributed by atoms with E-state index in [2.05, 4.69) is 15.3 Å². The molecule has 0 atom stereocenters. The zero-order valence-electron chi connectivity index (χ0n) is 11.1. The van der Waals surface area contributed by atoms with Crippen LogP contribution in [0.1, 0.15) is 34.1 Å². The standard InChI is InChI=1S/C11H18N4O2S/c1-5-6-12-10-13-7-8(15(16)17)9(14-10)18-11(2,3)4/h7H,5-6H2,1-4H3,(H,12,13,14). The quantitative estimate of drug-likeness (QED) is 0.383. The smallest absolute Gasteiger partial charge is 0.319 e. The SMILES string of the molecule is CCCNc1ncc([N+](=O)[O-])c(SC(C)(C)C)n1. The molecule has 7 heteroatoms. The summed E-state index contributed by atoms with van der Waals surface area (Å²) >= 11 is 1.37. The molecule has 1 rings (SSSR count). The van der Waals surface area contributed by atoms with Crippen LogP contribution in [-0.2, 0) is 0 Å². The normalized spacial score (nSPS) is 11.3. The first kappa shape index (κ1) is 14.7. The molecule has 0 radical (unpaired) electrons. The van der Waals surface area contributed by atoms with Gasteiger partial charge in [-0.1, -0.05) is 39.5 Å². The lowest BCUT2D eigenvalue weighted by atomic mass is 10.3. The number of hydrogen-bond acceptors (Lipinski definition) is 6. The molecule has 0 amide bonds. The van der Waals surface area contributed by atoms with Crippen LogP contribution in [0.15, 0.2) is 11.2 Å². The van der Waals surface area contributed by atoms with Gasteiger partial charge in [0.15, 0.2) is 5.03 Å². The molecule has 0 aliphatic heterocycles. The van der Waals surface area contributed by atoms with Crippen molar-refractivity contribution in [2.75, 3.05) is 11.9 Å². The molecule has 0 bridgehead atoms. The zero-order valence-corrected chi connectivity index (χ0v) is 11.9. The van der Waals surface area contributed by atoms with E-state index in [0.717, 1.165) is 13.0 Å². The highest BCUT2D eigenvalue weighted by Crippen LogP contribution is 2.36. The number of nitrogens with zero attached hydrogens (tertiary/aromatic N) is 3. The van der Waals surface area contributed by atoms with Crippen molar-refractivity contribution in [3.8, 4) is 0 Å². The molecule has 6 nitrogen and oxygen atoms in total. The van der Waals surface area contributed by atoms with Crippen molar-refractivity contribution >= 4 is 23.4 Å². The molecule has 0 saturated carbocycles. The summed E-state index contributed by atoms with van der Waals surface area (Å²) in [4.78, 5) is 18.6.